The molecule has 0 fully saturated rings. The molecule has 1 amide bonds. The van der Waals surface area contributed by atoms with Gasteiger partial charge in [-0.25, -0.2) is 0 Å². The third-order valence-electron chi connectivity index (χ3n) is 3.00. The Bertz CT molecular complexity index is 755. The molecule has 4 nitrogen and oxygen atoms in total. The highest BCUT2D eigenvalue weighted by atomic mass is 19.3. The van der Waals surface area contributed by atoms with E-state index in [-0.39, 0.29) is 17.4 Å². The summed E-state index contributed by atoms with van der Waals surface area (Å²) in [4.78, 5) is 23.2. The minimum atomic E-state index is -2.87. The van der Waals surface area contributed by atoms with Crippen LogP contribution in [0.5, 0.6) is 5.75 Å². The fourth-order valence-corrected chi connectivity index (χ4v) is 1.98. The van der Waals surface area contributed by atoms with Crippen LogP contribution in [0, 0.1) is 0 Å². The van der Waals surface area contributed by atoms with E-state index in [2.05, 4.69) is 10.1 Å². The summed E-state index contributed by atoms with van der Waals surface area (Å²) in [6.07, 6.45) is 2.94. The lowest BCUT2D eigenvalue weighted by Gasteiger charge is -2.04. The summed E-state index contributed by atoms with van der Waals surface area (Å²) in [5.41, 5.74) is 1.63. The second kappa shape index (κ2) is 8.01. The highest BCUT2D eigenvalue weighted by Crippen LogP contribution is 2.16. The summed E-state index contributed by atoms with van der Waals surface area (Å²) in [6, 6.07) is 12.5. The number of ketones is 1. The summed E-state index contributed by atoms with van der Waals surface area (Å²) < 4.78 is 28.4. The van der Waals surface area contributed by atoms with Crippen LogP contribution in [0.4, 0.5) is 14.5 Å². The van der Waals surface area contributed by atoms with Crippen molar-refractivity contribution in [1.29, 1.82) is 0 Å². The molecule has 0 aliphatic heterocycles. The second-order valence-corrected chi connectivity index (χ2v) is 4.91. The van der Waals surface area contributed by atoms with Crippen molar-refractivity contribution in [3.8, 4) is 5.75 Å². The van der Waals surface area contributed by atoms with E-state index in [1.165, 1.54) is 25.1 Å². The first-order chi connectivity index (χ1) is 11.4. The van der Waals surface area contributed by atoms with Gasteiger partial charge in [0.25, 0.3) is 0 Å². The van der Waals surface area contributed by atoms with Crippen molar-refractivity contribution >= 4 is 23.5 Å². The number of anilines is 1. The standard InChI is InChI=1S/C18H15F2NO3/c1-12(22)21-15-4-2-3-14(11-15)17(23)10-7-13-5-8-16(9-6-13)24-18(19)20/h2-11,18H,1H3,(H,21,22)/b10-7+. The van der Waals surface area contributed by atoms with Crippen LogP contribution in [0.15, 0.2) is 54.6 Å². The van der Waals surface area contributed by atoms with E-state index in [1.54, 1.807) is 42.5 Å². The van der Waals surface area contributed by atoms with Gasteiger partial charge in [0.15, 0.2) is 5.78 Å². The van der Waals surface area contributed by atoms with Gasteiger partial charge in [0, 0.05) is 18.2 Å². The summed E-state index contributed by atoms with van der Waals surface area (Å²) >= 11 is 0. The highest BCUT2D eigenvalue weighted by molar-refractivity contribution is 6.07. The number of nitrogens with one attached hydrogen (secondary N) is 1. The van der Waals surface area contributed by atoms with Crippen LogP contribution in [-0.4, -0.2) is 18.3 Å². The highest BCUT2D eigenvalue weighted by Gasteiger charge is 2.05. The summed E-state index contributed by atoms with van der Waals surface area (Å²) in [6.45, 7) is -1.49. The molecule has 0 aromatic heterocycles. The van der Waals surface area contributed by atoms with Gasteiger partial charge in [0.05, 0.1) is 0 Å². The molecule has 0 bridgehead atoms. The first-order valence-corrected chi connectivity index (χ1v) is 7.09. The van der Waals surface area contributed by atoms with Gasteiger partial charge in [-0.1, -0.05) is 30.3 Å². The van der Waals surface area contributed by atoms with Crippen LogP contribution >= 0.6 is 0 Å². The number of carbonyl (C=O) groups is 2. The Morgan fingerprint density at radius 1 is 1.12 bits per heavy atom. The number of carbonyl (C=O) groups excluding carboxylic acids is 2. The number of ether oxygens (including phenoxy) is 1. The number of amides is 1. The zero-order chi connectivity index (χ0) is 17.5. The van der Waals surface area contributed by atoms with Crippen molar-refractivity contribution in [1.82, 2.24) is 0 Å². The smallest absolute Gasteiger partial charge is 0.387 e. The average Bonchev–Trinajstić information content (AvgIpc) is 2.53. The number of hydrogen-bond acceptors (Lipinski definition) is 3. The second-order valence-electron chi connectivity index (χ2n) is 4.91. The summed E-state index contributed by atoms with van der Waals surface area (Å²) in [5.74, 6) is -0.409. The summed E-state index contributed by atoms with van der Waals surface area (Å²) in [7, 11) is 0. The SMILES string of the molecule is CC(=O)Nc1cccc(C(=O)/C=C/c2ccc(OC(F)F)cc2)c1. The number of allylic oxidation sites excluding steroid dienone is 1. The van der Waals surface area contributed by atoms with Gasteiger partial charge in [-0.15, -0.1) is 0 Å². The van der Waals surface area contributed by atoms with Crippen LogP contribution in [0.3, 0.4) is 0 Å². The normalized spacial score (nSPS) is 10.8. The number of hydrogen-bond donors (Lipinski definition) is 1. The van der Waals surface area contributed by atoms with Gasteiger partial charge >= 0.3 is 6.61 Å². The van der Waals surface area contributed by atoms with Crippen LogP contribution in [0.1, 0.15) is 22.8 Å². The monoisotopic (exact) mass is 331 g/mol. The molecule has 0 saturated carbocycles. The van der Waals surface area contributed by atoms with Crippen LogP contribution in [-0.2, 0) is 4.79 Å². The van der Waals surface area contributed by atoms with Crippen molar-refractivity contribution < 1.29 is 23.1 Å². The maximum Gasteiger partial charge on any atom is 0.387 e. The van der Waals surface area contributed by atoms with Gasteiger partial charge in [-0.3, -0.25) is 9.59 Å². The van der Waals surface area contributed by atoms with E-state index >= 15 is 0 Å². The molecule has 124 valence electrons. The van der Waals surface area contributed by atoms with Gasteiger partial charge in [-0.2, -0.15) is 8.78 Å². The molecule has 0 saturated heterocycles. The fraction of sp³-hybridized carbons (Fsp3) is 0.111. The predicted octanol–water partition coefficient (Wildman–Crippen LogP) is 4.14. The molecule has 0 unspecified atom stereocenters. The lowest BCUT2D eigenvalue weighted by atomic mass is 10.1. The first-order valence-electron chi connectivity index (χ1n) is 7.09. The van der Waals surface area contributed by atoms with Crippen LogP contribution < -0.4 is 10.1 Å². The lowest BCUT2D eigenvalue weighted by Crippen LogP contribution is -2.06. The van der Waals surface area contributed by atoms with Crippen molar-refractivity contribution in [3.63, 3.8) is 0 Å². The third kappa shape index (κ3) is 5.31. The van der Waals surface area contributed by atoms with Crippen molar-refractivity contribution in [2.75, 3.05) is 5.32 Å². The van der Waals surface area contributed by atoms with E-state index in [1.807, 2.05) is 0 Å². The minimum Gasteiger partial charge on any atom is -0.435 e. The molecule has 0 heterocycles. The number of benzene rings is 2. The van der Waals surface area contributed by atoms with E-state index in [9.17, 15) is 18.4 Å². The van der Waals surface area contributed by atoms with E-state index in [4.69, 9.17) is 0 Å². The zero-order valence-electron chi connectivity index (χ0n) is 12.8. The number of halogens is 2. The summed E-state index contributed by atoms with van der Waals surface area (Å²) in [5, 5.41) is 2.61. The van der Waals surface area contributed by atoms with Crippen molar-refractivity contribution in [2.45, 2.75) is 13.5 Å². The molecule has 2 aromatic rings. The van der Waals surface area contributed by atoms with E-state index in [0.717, 1.165) is 0 Å². The topological polar surface area (TPSA) is 55.4 Å². The Morgan fingerprint density at radius 3 is 2.46 bits per heavy atom. The van der Waals surface area contributed by atoms with Gasteiger partial charge in [0.1, 0.15) is 5.75 Å². The molecule has 2 aromatic carbocycles. The third-order valence-corrected chi connectivity index (χ3v) is 3.00. The van der Waals surface area contributed by atoms with Crippen molar-refractivity contribution in [3.05, 3.63) is 65.7 Å². The minimum absolute atomic E-state index is 0.0523. The van der Waals surface area contributed by atoms with Gasteiger partial charge < -0.3 is 10.1 Å². The number of alkyl halides is 2. The fourth-order valence-electron chi connectivity index (χ4n) is 1.98. The quantitative estimate of drug-likeness (QED) is 0.639. The number of rotatable bonds is 6. The average molecular weight is 331 g/mol. The Balaban J connectivity index is 2.06. The molecule has 0 radical (unpaired) electrons. The van der Waals surface area contributed by atoms with E-state index < -0.39 is 6.61 Å². The van der Waals surface area contributed by atoms with E-state index in [0.29, 0.717) is 16.8 Å². The molecule has 0 spiro atoms. The molecule has 24 heavy (non-hydrogen) atoms. The molecular weight excluding hydrogens is 316 g/mol. The maximum atomic E-state index is 12.1. The largest absolute Gasteiger partial charge is 0.435 e. The molecule has 0 aliphatic carbocycles. The molecule has 1 N–H and O–H groups in total. The van der Waals surface area contributed by atoms with Crippen LogP contribution in [0.25, 0.3) is 6.08 Å². The molecule has 2 rings (SSSR count). The molecule has 6 heteroatoms. The first kappa shape index (κ1) is 17.3. The van der Waals surface area contributed by atoms with Gasteiger partial charge in [0.2, 0.25) is 5.91 Å². The zero-order valence-corrected chi connectivity index (χ0v) is 12.8. The Morgan fingerprint density at radius 2 is 1.83 bits per heavy atom. The van der Waals surface area contributed by atoms with Crippen LogP contribution in [0.2, 0.25) is 0 Å². The molecule has 0 aliphatic rings. The van der Waals surface area contributed by atoms with Crippen molar-refractivity contribution in [2.24, 2.45) is 0 Å². The molecular formula is C18H15F2NO3. The Kier molecular flexibility index (Phi) is 5.78. The lowest BCUT2D eigenvalue weighted by molar-refractivity contribution is -0.114. The molecule has 0 atom stereocenters. The maximum absolute atomic E-state index is 12.1. The predicted molar refractivity (Wildman–Crippen MR) is 87.2 cm³/mol. The van der Waals surface area contributed by atoms with Gasteiger partial charge in [-0.05, 0) is 35.9 Å². The Labute approximate surface area is 137 Å². The Hall–Kier alpha value is -3.02.